The van der Waals surface area contributed by atoms with E-state index in [0.29, 0.717) is 10.6 Å². The number of carboxylic acid groups (broad SMARTS) is 1. The lowest BCUT2D eigenvalue weighted by atomic mass is 10.00. The van der Waals surface area contributed by atoms with Gasteiger partial charge in [-0.15, -0.1) is 0 Å². The molecule has 0 aliphatic rings. The van der Waals surface area contributed by atoms with Crippen LogP contribution >= 0.6 is 27.5 Å². The van der Waals surface area contributed by atoms with Crippen molar-refractivity contribution in [3.63, 3.8) is 0 Å². The van der Waals surface area contributed by atoms with Gasteiger partial charge in [0, 0.05) is 9.50 Å². The molecular formula is C13H8BrClO2. The van der Waals surface area contributed by atoms with Crippen LogP contribution in [0.25, 0.3) is 11.1 Å². The monoisotopic (exact) mass is 310 g/mol. The molecule has 0 unspecified atom stereocenters. The second kappa shape index (κ2) is 4.90. The van der Waals surface area contributed by atoms with Gasteiger partial charge in [0.1, 0.15) is 0 Å². The molecule has 2 nitrogen and oxygen atoms in total. The second-order valence-corrected chi connectivity index (χ2v) is 4.77. The van der Waals surface area contributed by atoms with Crippen molar-refractivity contribution in [3.8, 4) is 11.1 Å². The van der Waals surface area contributed by atoms with Gasteiger partial charge < -0.3 is 5.11 Å². The number of carbonyl (C=O) groups is 1. The summed E-state index contributed by atoms with van der Waals surface area (Å²) < 4.78 is 0.777. The van der Waals surface area contributed by atoms with Crippen LogP contribution in [-0.2, 0) is 0 Å². The summed E-state index contributed by atoms with van der Waals surface area (Å²) in [6.07, 6.45) is 0. The highest BCUT2D eigenvalue weighted by atomic mass is 79.9. The Morgan fingerprint density at radius 2 is 1.82 bits per heavy atom. The quantitative estimate of drug-likeness (QED) is 0.888. The first kappa shape index (κ1) is 12.1. The topological polar surface area (TPSA) is 37.3 Å². The van der Waals surface area contributed by atoms with Crippen LogP contribution in [0, 0.1) is 0 Å². The zero-order valence-electron chi connectivity index (χ0n) is 8.65. The van der Waals surface area contributed by atoms with E-state index in [4.69, 9.17) is 16.7 Å². The molecule has 2 aromatic carbocycles. The lowest BCUT2D eigenvalue weighted by Crippen LogP contribution is -1.99. The number of halogens is 2. The average molecular weight is 312 g/mol. The molecule has 0 fully saturated rings. The van der Waals surface area contributed by atoms with Gasteiger partial charge in [0.05, 0.1) is 5.56 Å². The third-order valence-electron chi connectivity index (χ3n) is 2.38. The summed E-state index contributed by atoms with van der Waals surface area (Å²) in [4.78, 5) is 11.1. The molecule has 0 heterocycles. The van der Waals surface area contributed by atoms with Crippen molar-refractivity contribution < 1.29 is 9.90 Å². The van der Waals surface area contributed by atoms with Crippen LogP contribution in [0.2, 0.25) is 5.02 Å². The standard InChI is InChI=1S/C13H8BrClO2/c14-12-7-8(15)5-6-10(12)9-3-1-2-4-11(9)13(16)17/h1-7H,(H,16,17). The molecule has 4 heteroatoms. The number of hydrogen-bond donors (Lipinski definition) is 1. The Morgan fingerprint density at radius 1 is 1.12 bits per heavy atom. The minimum atomic E-state index is -0.942. The molecule has 0 bridgehead atoms. The molecule has 2 aromatic rings. The van der Waals surface area contributed by atoms with E-state index in [2.05, 4.69) is 15.9 Å². The van der Waals surface area contributed by atoms with Gasteiger partial charge in [-0.2, -0.15) is 0 Å². The molecule has 0 saturated carbocycles. The maximum atomic E-state index is 11.1. The van der Waals surface area contributed by atoms with Crippen molar-refractivity contribution >= 4 is 33.5 Å². The molecule has 0 aliphatic carbocycles. The molecule has 0 aliphatic heterocycles. The Balaban J connectivity index is 2.64. The Bertz CT molecular complexity index is 581. The van der Waals surface area contributed by atoms with Crippen molar-refractivity contribution in [1.82, 2.24) is 0 Å². The Morgan fingerprint density at radius 3 is 2.47 bits per heavy atom. The van der Waals surface area contributed by atoms with Crippen LogP contribution in [0.15, 0.2) is 46.9 Å². The largest absolute Gasteiger partial charge is 0.478 e. The van der Waals surface area contributed by atoms with Gasteiger partial charge in [0.25, 0.3) is 0 Å². The molecule has 0 amide bonds. The maximum Gasteiger partial charge on any atom is 0.336 e. The zero-order valence-corrected chi connectivity index (χ0v) is 11.0. The van der Waals surface area contributed by atoms with Crippen molar-refractivity contribution in [2.75, 3.05) is 0 Å². The summed E-state index contributed by atoms with van der Waals surface area (Å²) >= 11 is 9.25. The van der Waals surface area contributed by atoms with Crippen LogP contribution < -0.4 is 0 Å². The highest BCUT2D eigenvalue weighted by Crippen LogP contribution is 2.32. The van der Waals surface area contributed by atoms with E-state index in [1.807, 2.05) is 6.07 Å². The second-order valence-electron chi connectivity index (χ2n) is 3.47. The van der Waals surface area contributed by atoms with Crippen molar-refractivity contribution in [2.45, 2.75) is 0 Å². The number of aromatic carboxylic acids is 1. The Kier molecular flexibility index (Phi) is 3.50. The Hall–Kier alpha value is -1.32. The Labute approximate surface area is 112 Å². The third kappa shape index (κ3) is 2.51. The van der Waals surface area contributed by atoms with E-state index in [0.717, 1.165) is 10.0 Å². The average Bonchev–Trinajstić information content (AvgIpc) is 2.29. The van der Waals surface area contributed by atoms with Crippen LogP contribution in [0.4, 0.5) is 0 Å². The van der Waals surface area contributed by atoms with Crippen molar-refractivity contribution in [1.29, 1.82) is 0 Å². The van der Waals surface area contributed by atoms with E-state index in [-0.39, 0.29) is 5.56 Å². The number of carboxylic acids is 1. The predicted molar refractivity (Wildman–Crippen MR) is 71.5 cm³/mol. The smallest absolute Gasteiger partial charge is 0.336 e. The summed E-state index contributed by atoms with van der Waals surface area (Å²) in [6.45, 7) is 0. The van der Waals surface area contributed by atoms with Crippen LogP contribution in [0.3, 0.4) is 0 Å². The molecule has 2 rings (SSSR count). The zero-order chi connectivity index (χ0) is 12.4. The fraction of sp³-hybridized carbons (Fsp3) is 0. The van der Waals surface area contributed by atoms with Gasteiger partial charge in [-0.05, 0) is 29.3 Å². The molecule has 0 atom stereocenters. The van der Waals surface area contributed by atoms with E-state index < -0.39 is 5.97 Å². The van der Waals surface area contributed by atoms with Gasteiger partial charge in [-0.3, -0.25) is 0 Å². The van der Waals surface area contributed by atoms with Crippen molar-refractivity contribution in [2.24, 2.45) is 0 Å². The summed E-state index contributed by atoms with van der Waals surface area (Å²) in [5.74, 6) is -0.942. The van der Waals surface area contributed by atoms with E-state index >= 15 is 0 Å². The first-order chi connectivity index (χ1) is 8.09. The SMILES string of the molecule is O=C(O)c1ccccc1-c1ccc(Cl)cc1Br. The lowest BCUT2D eigenvalue weighted by Gasteiger charge is -2.08. The summed E-state index contributed by atoms with van der Waals surface area (Å²) in [5, 5.41) is 9.74. The first-order valence-electron chi connectivity index (χ1n) is 4.87. The van der Waals surface area contributed by atoms with Crippen LogP contribution in [0.5, 0.6) is 0 Å². The molecular weight excluding hydrogens is 303 g/mol. The molecule has 86 valence electrons. The van der Waals surface area contributed by atoms with Gasteiger partial charge in [0.2, 0.25) is 0 Å². The minimum absolute atomic E-state index is 0.274. The van der Waals surface area contributed by atoms with Gasteiger partial charge >= 0.3 is 5.97 Å². The highest BCUT2D eigenvalue weighted by Gasteiger charge is 2.12. The van der Waals surface area contributed by atoms with Crippen molar-refractivity contribution in [3.05, 3.63) is 57.5 Å². The lowest BCUT2D eigenvalue weighted by molar-refractivity contribution is 0.0697. The van der Waals surface area contributed by atoms with E-state index in [9.17, 15) is 4.79 Å². The van der Waals surface area contributed by atoms with E-state index in [1.165, 1.54) is 0 Å². The molecule has 0 radical (unpaired) electrons. The molecule has 0 saturated heterocycles. The predicted octanol–water partition coefficient (Wildman–Crippen LogP) is 4.47. The van der Waals surface area contributed by atoms with Crippen LogP contribution in [-0.4, -0.2) is 11.1 Å². The minimum Gasteiger partial charge on any atom is -0.478 e. The summed E-state index contributed by atoms with van der Waals surface area (Å²) in [5.41, 5.74) is 1.76. The van der Waals surface area contributed by atoms with Crippen LogP contribution in [0.1, 0.15) is 10.4 Å². The number of benzene rings is 2. The number of rotatable bonds is 2. The molecule has 0 aromatic heterocycles. The third-order valence-corrected chi connectivity index (χ3v) is 3.27. The molecule has 17 heavy (non-hydrogen) atoms. The normalized spacial score (nSPS) is 10.2. The summed E-state index contributed by atoms with van der Waals surface area (Å²) in [7, 11) is 0. The maximum absolute atomic E-state index is 11.1. The molecule has 0 spiro atoms. The summed E-state index contributed by atoms with van der Waals surface area (Å²) in [6, 6.07) is 12.2. The highest BCUT2D eigenvalue weighted by molar-refractivity contribution is 9.10. The van der Waals surface area contributed by atoms with Gasteiger partial charge in [-0.1, -0.05) is 51.8 Å². The fourth-order valence-electron chi connectivity index (χ4n) is 1.61. The first-order valence-corrected chi connectivity index (χ1v) is 6.04. The van der Waals surface area contributed by atoms with E-state index in [1.54, 1.807) is 36.4 Å². The number of hydrogen-bond acceptors (Lipinski definition) is 1. The van der Waals surface area contributed by atoms with Gasteiger partial charge in [-0.25, -0.2) is 4.79 Å². The fourth-order valence-corrected chi connectivity index (χ4v) is 2.51. The van der Waals surface area contributed by atoms with Gasteiger partial charge in [0.15, 0.2) is 0 Å². The molecule has 1 N–H and O–H groups in total.